The largest absolute Gasteiger partial charge is 0.388 e. The second-order valence-corrected chi connectivity index (χ2v) is 11.3. The third-order valence-electron chi connectivity index (χ3n) is 4.35. The van der Waals surface area contributed by atoms with Crippen LogP contribution in [0.25, 0.3) is 0 Å². The second-order valence-electron chi connectivity index (χ2n) is 7.01. The normalized spacial score (nSPS) is 36.6. The van der Waals surface area contributed by atoms with E-state index in [1.807, 2.05) is 0 Å². The van der Waals surface area contributed by atoms with E-state index in [0.29, 0.717) is 18.7 Å². The van der Waals surface area contributed by atoms with Gasteiger partial charge in [-0.15, -0.1) is 13.2 Å². The van der Waals surface area contributed by atoms with Crippen molar-refractivity contribution in [2.75, 3.05) is 33.1 Å². The van der Waals surface area contributed by atoms with Crippen molar-refractivity contribution in [1.29, 1.82) is 0 Å². The summed E-state index contributed by atoms with van der Waals surface area (Å²) in [4.78, 5) is 13.1. The van der Waals surface area contributed by atoms with Gasteiger partial charge in [0.15, 0.2) is 0 Å². The van der Waals surface area contributed by atoms with Crippen LogP contribution in [-0.4, -0.2) is 84.9 Å². The number of carbonyl (C=O) groups is 1. The minimum absolute atomic E-state index is 0.213. The number of aliphatic hydroxyl groups is 2. The standard InChI is InChI=1S/C15H27N2O4P/c1-9-10(8-17(2)15(20)16-9)14-13(19)12(18)11(21-14)6-7-22(3,4)5/h10-14,18-19H,1,3,6-8H2,2,4-5H3,(H,16,20)/t10?,11-,12-,13-,14+/m1/s1. The molecule has 0 aromatic heterocycles. The molecular formula is C15H27N2O4P. The van der Waals surface area contributed by atoms with E-state index in [0.717, 1.165) is 6.16 Å². The van der Waals surface area contributed by atoms with Crippen LogP contribution in [0.2, 0.25) is 0 Å². The van der Waals surface area contributed by atoms with Crippen molar-refractivity contribution in [3.05, 3.63) is 12.3 Å². The van der Waals surface area contributed by atoms with Gasteiger partial charge in [-0.05, 0) is 25.9 Å². The lowest BCUT2D eigenvalue weighted by Gasteiger charge is -2.36. The highest BCUT2D eigenvalue weighted by atomic mass is 31.2. The van der Waals surface area contributed by atoms with Crippen LogP contribution in [-0.2, 0) is 4.74 Å². The summed E-state index contributed by atoms with van der Waals surface area (Å²) < 4.78 is 5.93. The van der Waals surface area contributed by atoms with Gasteiger partial charge >= 0.3 is 6.03 Å². The zero-order valence-electron chi connectivity index (χ0n) is 13.5. The SMILES string of the molecule is C=C1NC(=O)N(C)CC1[C@@H]1O[C@H](CCP(=C)(C)C)[C@@H](O)[C@H]1O. The minimum Gasteiger partial charge on any atom is -0.388 e. The molecule has 0 aromatic rings. The first-order valence-electron chi connectivity index (χ1n) is 7.50. The summed E-state index contributed by atoms with van der Waals surface area (Å²) in [5, 5.41) is 23.2. The lowest BCUT2D eigenvalue weighted by molar-refractivity contribution is -0.0254. The summed E-state index contributed by atoms with van der Waals surface area (Å²) in [5.74, 6) is -0.236. The van der Waals surface area contributed by atoms with Gasteiger partial charge in [0.25, 0.3) is 0 Å². The maximum absolute atomic E-state index is 11.6. The second kappa shape index (κ2) is 6.36. The van der Waals surface area contributed by atoms with Gasteiger partial charge in [0.1, 0.15) is 12.2 Å². The Hall–Kier alpha value is -0.810. The molecule has 2 amide bonds. The number of aliphatic hydroxyl groups excluding tert-OH is 2. The first-order valence-corrected chi connectivity index (χ1v) is 10.6. The van der Waals surface area contributed by atoms with Gasteiger partial charge in [-0.25, -0.2) is 4.79 Å². The first-order chi connectivity index (χ1) is 10.1. The third kappa shape index (κ3) is 3.74. The molecule has 1 unspecified atom stereocenters. The molecule has 0 bridgehead atoms. The highest BCUT2D eigenvalue weighted by molar-refractivity contribution is 7.72. The van der Waals surface area contributed by atoms with Gasteiger partial charge in [-0.2, -0.15) is 0 Å². The number of carbonyl (C=O) groups excluding carboxylic acids is 1. The molecule has 2 fully saturated rings. The molecule has 7 heteroatoms. The Morgan fingerprint density at radius 3 is 2.64 bits per heavy atom. The van der Waals surface area contributed by atoms with E-state index in [1.165, 1.54) is 4.90 Å². The van der Waals surface area contributed by atoms with Crippen LogP contribution >= 0.6 is 6.89 Å². The fourth-order valence-electron chi connectivity index (χ4n) is 2.94. The van der Waals surface area contributed by atoms with E-state index >= 15 is 0 Å². The lowest BCUT2D eigenvalue weighted by Crippen LogP contribution is -2.52. The first kappa shape index (κ1) is 17.5. The number of ether oxygens (including phenoxy) is 1. The number of hydrogen-bond acceptors (Lipinski definition) is 4. The highest BCUT2D eigenvalue weighted by Crippen LogP contribution is 2.39. The van der Waals surface area contributed by atoms with Gasteiger partial charge in [-0.3, -0.25) is 0 Å². The average molecular weight is 330 g/mol. The van der Waals surface area contributed by atoms with Crippen LogP contribution < -0.4 is 5.32 Å². The van der Waals surface area contributed by atoms with E-state index in [1.54, 1.807) is 7.05 Å². The maximum atomic E-state index is 11.6. The number of urea groups is 1. The zero-order valence-corrected chi connectivity index (χ0v) is 14.4. The summed E-state index contributed by atoms with van der Waals surface area (Å²) in [6.45, 7) is 7.34. The van der Waals surface area contributed by atoms with Crippen molar-refractivity contribution in [2.45, 2.75) is 30.8 Å². The van der Waals surface area contributed by atoms with Gasteiger partial charge in [0.2, 0.25) is 0 Å². The molecule has 0 aliphatic carbocycles. The van der Waals surface area contributed by atoms with E-state index < -0.39 is 31.3 Å². The lowest BCUT2D eigenvalue weighted by atomic mass is 9.92. The van der Waals surface area contributed by atoms with E-state index in [4.69, 9.17) is 4.74 Å². The van der Waals surface area contributed by atoms with Crippen LogP contribution in [0.15, 0.2) is 12.3 Å². The molecule has 5 atom stereocenters. The molecule has 126 valence electrons. The predicted octanol–water partition coefficient (Wildman–Crippen LogP) is 0.360. The fourth-order valence-corrected chi connectivity index (χ4v) is 3.89. The Balaban J connectivity index is 2.04. The van der Waals surface area contributed by atoms with Crippen molar-refractivity contribution in [2.24, 2.45) is 5.92 Å². The molecule has 6 nitrogen and oxygen atoms in total. The Kier molecular flexibility index (Phi) is 5.07. The molecule has 2 aliphatic rings. The molecule has 22 heavy (non-hydrogen) atoms. The summed E-state index contributed by atoms with van der Waals surface area (Å²) in [7, 11) is 1.68. The van der Waals surface area contributed by atoms with Crippen molar-refractivity contribution < 1.29 is 19.7 Å². The third-order valence-corrected chi connectivity index (χ3v) is 5.82. The summed E-state index contributed by atoms with van der Waals surface area (Å²) in [5.41, 5.74) is 0.532. The number of hydrogen-bond donors (Lipinski definition) is 3. The molecular weight excluding hydrogens is 303 g/mol. The molecule has 2 aliphatic heterocycles. The van der Waals surface area contributed by atoms with Crippen molar-refractivity contribution in [3.63, 3.8) is 0 Å². The molecule has 2 saturated heterocycles. The Morgan fingerprint density at radius 2 is 2.05 bits per heavy atom. The Bertz CT molecular complexity index is 504. The van der Waals surface area contributed by atoms with E-state index in [-0.39, 0.29) is 11.9 Å². The molecule has 0 aromatic carbocycles. The monoisotopic (exact) mass is 330 g/mol. The van der Waals surface area contributed by atoms with Gasteiger partial charge < -0.3 is 25.2 Å². The van der Waals surface area contributed by atoms with Gasteiger partial charge in [-0.1, -0.05) is 6.58 Å². The van der Waals surface area contributed by atoms with Crippen LogP contribution in [0.3, 0.4) is 0 Å². The quantitative estimate of drug-likeness (QED) is 0.650. The zero-order chi connectivity index (χ0) is 16.7. The minimum atomic E-state index is -1.20. The van der Waals surface area contributed by atoms with Gasteiger partial charge in [0.05, 0.1) is 12.2 Å². The van der Waals surface area contributed by atoms with Gasteiger partial charge in [0, 0.05) is 25.2 Å². The molecule has 2 heterocycles. The summed E-state index contributed by atoms with van der Waals surface area (Å²) in [6, 6.07) is -0.213. The van der Waals surface area contributed by atoms with Crippen molar-refractivity contribution >= 4 is 19.2 Å². The maximum Gasteiger partial charge on any atom is 0.321 e. The average Bonchev–Trinajstić information content (AvgIpc) is 2.68. The fraction of sp³-hybridized carbons (Fsp3) is 0.733. The molecule has 0 radical (unpaired) electrons. The van der Waals surface area contributed by atoms with E-state index in [2.05, 4.69) is 31.5 Å². The van der Waals surface area contributed by atoms with E-state index in [9.17, 15) is 15.0 Å². The van der Waals surface area contributed by atoms with Crippen LogP contribution in [0.1, 0.15) is 6.42 Å². The number of amides is 2. The smallest absolute Gasteiger partial charge is 0.321 e. The van der Waals surface area contributed by atoms with Crippen molar-refractivity contribution in [3.8, 4) is 0 Å². The molecule has 2 rings (SSSR count). The Labute approximate surface area is 132 Å². The van der Waals surface area contributed by atoms with Crippen LogP contribution in [0.4, 0.5) is 4.79 Å². The topological polar surface area (TPSA) is 82.0 Å². The highest BCUT2D eigenvalue weighted by Gasteiger charge is 2.48. The number of rotatable bonds is 4. The van der Waals surface area contributed by atoms with Crippen LogP contribution in [0, 0.1) is 5.92 Å². The summed E-state index contributed by atoms with van der Waals surface area (Å²) >= 11 is 0. The summed E-state index contributed by atoms with van der Waals surface area (Å²) in [6.07, 6.45) is 2.91. The van der Waals surface area contributed by atoms with Crippen LogP contribution in [0.5, 0.6) is 0 Å². The molecule has 3 N–H and O–H groups in total. The molecule has 0 saturated carbocycles. The Morgan fingerprint density at radius 1 is 1.41 bits per heavy atom. The predicted molar refractivity (Wildman–Crippen MR) is 89.8 cm³/mol. The number of nitrogens with one attached hydrogen (secondary N) is 1. The number of nitrogens with zero attached hydrogens (tertiary/aromatic N) is 1. The van der Waals surface area contributed by atoms with Crippen molar-refractivity contribution in [1.82, 2.24) is 10.2 Å². The molecule has 0 spiro atoms.